The zero-order valence-electron chi connectivity index (χ0n) is 18.3. The molecule has 1 heterocycles. The Bertz CT molecular complexity index is 961. The van der Waals surface area contributed by atoms with Crippen LogP contribution < -0.4 is 15.5 Å². The van der Waals surface area contributed by atoms with Crippen LogP contribution in [0.1, 0.15) is 22.3 Å². The number of carboxylic acid groups (broad SMARTS) is 1. The quantitative estimate of drug-likeness (QED) is 0.548. The number of nitrogens with zero attached hydrogens (tertiary/aromatic N) is 1. The molecule has 0 bridgehead atoms. The molecule has 1 aliphatic rings. The second-order valence-corrected chi connectivity index (χ2v) is 7.63. The number of aryl methyl sites for hydroxylation is 1. The highest BCUT2D eigenvalue weighted by Crippen LogP contribution is 2.36. The number of halogens is 7. The Labute approximate surface area is 191 Å². The van der Waals surface area contributed by atoms with Crippen molar-refractivity contribution < 1.29 is 40.6 Å². The summed E-state index contributed by atoms with van der Waals surface area (Å²) in [4.78, 5) is 13.0. The summed E-state index contributed by atoms with van der Waals surface area (Å²) >= 11 is 0. The standard InChI is InChI=1S/C12H15FN2O2.C10H9F6N/c1-8-6-9(13)2-3-10(8)15-5-4-14-7-11(15)12(16)17;1-17-5-6-2-7(9(11,12)13)4-8(3-6)10(14,15)16/h2-3,6,11,14H,4-5,7H2,1H3,(H,16,17);2-4,17H,5H2,1H3. The maximum Gasteiger partial charge on any atom is 0.416 e. The van der Waals surface area contributed by atoms with Crippen molar-refractivity contribution in [3.05, 3.63) is 64.5 Å². The number of alkyl halides is 6. The fourth-order valence-corrected chi connectivity index (χ4v) is 3.48. The third-order valence-corrected chi connectivity index (χ3v) is 5.03. The first-order valence-electron chi connectivity index (χ1n) is 10.1. The molecule has 1 atom stereocenters. The minimum Gasteiger partial charge on any atom is -0.480 e. The second kappa shape index (κ2) is 11.0. The Morgan fingerprint density at radius 1 is 1.09 bits per heavy atom. The molecule has 12 heteroatoms. The van der Waals surface area contributed by atoms with Gasteiger partial charge in [0.1, 0.15) is 11.9 Å². The highest BCUT2D eigenvalue weighted by Gasteiger charge is 2.36. The molecule has 1 unspecified atom stereocenters. The van der Waals surface area contributed by atoms with E-state index in [0.717, 1.165) is 17.8 Å². The maximum absolute atomic E-state index is 13.0. The normalized spacial score (nSPS) is 16.6. The minimum atomic E-state index is -4.79. The number of anilines is 1. The summed E-state index contributed by atoms with van der Waals surface area (Å²) in [5, 5.41) is 14.7. The summed E-state index contributed by atoms with van der Waals surface area (Å²) in [5.41, 5.74) is -1.09. The van der Waals surface area contributed by atoms with Gasteiger partial charge in [0.25, 0.3) is 0 Å². The lowest BCUT2D eigenvalue weighted by Crippen LogP contribution is -2.55. The van der Waals surface area contributed by atoms with Crippen molar-refractivity contribution >= 4 is 11.7 Å². The predicted molar refractivity (Wildman–Crippen MR) is 112 cm³/mol. The molecule has 3 rings (SSSR count). The number of benzene rings is 2. The van der Waals surface area contributed by atoms with E-state index in [1.807, 2.05) is 4.90 Å². The van der Waals surface area contributed by atoms with E-state index in [-0.39, 0.29) is 24.0 Å². The van der Waals surface area contributed by atoms with Crippen LogP contribution in [0.3, 0.4) is 0 Å². The van der Waals surface area contributed by atoms with E-state index in [4.69, 9.17) is 5.11 Å². The summed E-state index contributed by atoms with van der Waals surface area (Å²) in [5.74, 6) is -1.16. The summed E-state index contributed by atoms with van der Waals surface area (Å²) in [6.07, 6.45) is -9.58. The molecule has 1 aliphatic heterocycles. The molecular formula is C22H24F7N3O2. The molecule has 2 aromatic carbocycles. The average Bonchev–Trinajstić information content (AvgIpc) is 2.73. The topological polar surface area (TPSA) is 64.6 Å². The Morgan fingerprint density at radius 3 is 2.15 bits per heavy atom. The number of hydrogen-bond donors (Lipinski definition) is 3. The molecule has 1 fully saturated rings. The number of piperazine rings is 1. The molecular weight excluding hydrogens is 471 g/mol. The smallest absolute Gasteiger partial charge is 0.416 e. The van der Waals surface area contributed by atoms with Crippen LogP contribution in [0.25, 0.3) is 0 Å². The molecule has 0 saturated carbocycles. The molecule has 34 heavy (non-hydrogen) atoms. The molecule has 1 saturated heterocycles. The number of aliphatic carboxylic acids is 1. The highest BCUT2D eigenvalue weighted by atomic mass is 19.4. The molecule has 5 nitrogen and oxygen atoms in total. The number of hydrogen-bond acceptors (Lipinski definition) is 4. The SMILES string of the molecule is CNCc1cc(C(F)(F)F)cc(C(F)(F)F)c1.Cc1cc(F)ccc1N1CCNCC1C(=O)O. The number of rotatable bonds is 4. The van der Waals surface area contributed by atoms with Gasteiger partial charge in [0.2, 0.25) is 0 Å². The van der Waals surface area contributed by atoms with Crippen molar-refractivity contribution in [3.8, 4) is 0 Å². The Balaban J connectivity index is 0.000000240. The predicted octanol–water partition coefficient (Wildman–Crippen LogP) is 4.44. The van der Waals surface area contributed by atoms with E-state index in [0.29, 0.717) is 25.2 Å². The van der Waals surface area contributed by atoms with Crippen LogP contribution in [0.5, 0.6) is 0 Å². The Morgan fingerprint density at radius 2 is 1.68 bits per heavy atom. The zero-order chi connectivity index (χ0) is 25.7. The lowest BCUT2D eigenvalue weighted by molar-refractivity contribution is -0.143. The van der Waals surface area contributed by atoms with Crippen molar-refractivity contribution in [3.63, 3.8) is 0 Å². The van der Waals surface area contributed by atoms with Crippen molar-refractivity contribution in [2.45, 2.75) is 31.9 Å². The zero-order valence-corrected chi connectivity index (χ0v) is 18.3. The van der Waals surface area contributed by atoms with Gasteiger partial charge >= 0.3 is 18.3 Å². The lowest BCUT2D eigenvalue weighted by atomic mass is 10.0. The summed E-state index contributed by atoms with van der Waals surface area (Å²) in [6, 6.07) is 5.36. The third kappa shape index (κ3) is 7.32. The molecule has 0 radical (unpaired) electrons. The Kier molecular flexibility index (Phi) is 8.89. The molecule has 188 valence electrons. The van der Waals surface area contributed by atoms with Gasteiger partial charge in [-0.05, 0) is 61.5 Å². The fourth-order valence-electron chi connectivity index (χ4n) is 3.48. The van der Waals surface area contributed by atoms with Gasteiger partial charge in [-0.2, -0.15) is 26.3 Å². The monoisotopic (exact) mass is 495 g/mol. The van der Waals surface area contributed by atoms with Crippen molar-refractivity contribution in [2.24, 2.45) is 0 Å². The molecule has 2 aromatic rings. The van der Waals surface area contributed by atoms with Crippen LogP contribution >= 0.6 is 0 Å². The summed E-state index contributed by atoms with van der Waals surface area (Å²) in [6.45, 7) is 3.49. The van der Waals surface area contributed by atoms with Crippen molar-refractivity contribution in [1.29, 1.82) is 0 Å². The molecule has 0 amide bonds. The van der Waals surface area contributed by atoms with Gasteiger partial charge in [-0.1, -0.05) is 0 Å². The average molecular weight is 495 g/mol. The first kappa shape index (κ1) is 27.4. The van der Waals surface area contributed by atoms with Gasteiger partial charge in [0, 0.05) is 31.9 Å². The van der Waals surface area contributed by atoms with Gasteiger partial charge in [0.05, 0.1) is 11.1 Å². The first-order valence-corrected chi connectivity index (χ1v) is 10.1. The van der Waals surface area contributed by atoms with Gasteiger partial charge in [-0.15, -0.1) is 0 Å². The summed E-state index contributed by atoms with van der Waals surface area (Å²) in [7, 11) is 1.44. The van der Waals surface area contributed by atoms with Crippen LogP contribution in [0, 0.1) is 12.7 Å². The first-order chi connectivity index (χ1) is 15.7. The van der Waals surface area contributed by atoms with Crippen LogP contribution in [-0.4, -0.2) is 43.8 Å². The van der Waals surface area contributed by atoms with Crippen LogP contribution in [0.4, 0.5) is 36.4 Å². The van der Waals surface area contributed by atoms with Crippen molar-refractivity contribution in [2.75, 3.05) is 31.6 Å². The number of nitrogens with one attached hydrogen (secondary N) is 2. The third-order valence-electron chi connectivity index (χ3n) is 5.03. The second-order valence-electron chi connectivity index (χ2n) is 7.63. The van der Waals surface area contributed by atoms with E-state index in [1.54, 1.807) is 13.0 Å². The van der Waals surface area contributed by atoms with Crippen LogP contribution in [-0.2, 0) is 23.7 Å². The lowest BCUT2D eigenvalue weighted by Gasteiger charge is -2.36. The minimum absolute atomic E-state index is 0.0605. The molecule has 0 aliphatic carbocycles. The van der Waals surface area contributed by atoms with E-state index in [9.17, 15) is 35.5 Å². The summed E-state index contributed by atoms with van der Waals surface area (Å²) < 4.78 is 87.4. The van der Waals surface area contributed by atoms with E-state index in [1.165, 1.54) is 19.2 Å². The van der Waals surface area contributed by atoms with Gasteiger partial charge in [-0.3, -0.25) is 0 Å². The largest absolute Gasteiger partial charge is 0.480 e. The van der Waals surface area contributed by atoms with E-state index in [2.05, 4.69) is 10.6 Å². The van der Waals surface area contributed by atoms with Crippen LogP contribution in [0.2, 0.25) is 0 Å². The van der Waals surface area contributed by atoms with Crippen LogP contribution in [0.15, 0.2) is 36.4 Å². The molecule has 0 spiro atoms. The van der Waals surface area contributed by atoms with Gasteiger partial charge in [0.15, 0.2) is 0 Å². The fraction of sp³-hybridized carbons (Fsp3) is 0.409. The number of carboxylic acids is 1. The maximum atomic E-state index is 13.0. The highest BCUT2D eigenvalue weighted by molar-refractivity contribution is 5.79. The van der Waals surface area contributed by atoms with E-state index < -0.39 is 35.5 Å². The number of carbonyl (C=O) groups is 1. The molecule has 0 aromatic heterocycles. The molecule has 3 N–H and O–H groups in total. The Hall–Kier alpha value is -2.86. The van der Waals surface area contributed by atoms with E-state index >= 15 is 0 Å². The van der Waals surface area contributed by atoms with Gasteiger partial charge < -0.3 is 20.6 Å². The van der Waals surface area contributed by atoms with Gasteiger partial charge in [-0.25, -0.2) is 9.18 Å². The van der Waals surface area contributed by atoms with Crippen molar-refractivity contribution in [1.82, 2.24) is 10.6 Å².